The first-order valence-electron chi connectivity index (χ1n) is 22.5. The summed E-state index contributed by atoms with van der Waals surface area (Å²) < 4.78 is 26.1. The number of aromatic carboxylic acids is 1. The third-order valence-electron chi connectivity index (χ3n) is 17.3. The van der Waals surface area contributed by atoms with Gasteiger partial charge in [0, 0.05) is 29.6 Å². The molecule has 11 atom stereocenters. The second-order valence-electron chi connectivity index (χ2n) is 20.3. The predicted molar refractivity (Wildman–Crippen MR) is 220 cm³/mol. The molecule has 3 spiro atoms. The molecule has 330 valence electrons. The molecule has 0 amide bonds. The summed E-state index contributed by atoms with van der Waals surface area (Å²) in [6.07, 6.45) is 9.53. The zero-order chi connectivity index (χ0) is 42.8. The molecule has 0 unspecified atom stereocenters. The van der Waals surface area contributed by atoms with Gasteiger partial charge in [0.1, 0.15) is 41.2 Å². The number of aromatic hydroxyl groups is 2. The summed E-state index contributed by atoms with van der Waals surface area (Å²) in [7, 11) is 0. The fourth-order valence-corrected chi connectivity index (χ4v) is 15.0. The van der Waals surface area contributed by atoms with Gasteiger partial charge in [-0.2, -0.15) is 0 Å². The molecule has 3 heterocycles. The van der Waals surface area contributed by atoms with Crippen LogP contribution in [0, 0.1) is 46.8 Å². The predicted octanol–water partition coefficient (Wildman–Crippen LogP) is 5.86. The number of Topliss-reactive ketones (excluding diaryl/α,β-unsaturated/α-hetero) is 1. The first kappa shape index (κ1) is 41.5. The summed E-state index contributed by atoms with van der Waals surface area (Å²) >= 11 is 0. The second-order valence-corrected chi connectivity index (χ2v) is 20.3. The smallest absolute Gasteiger partial charge is 0.335 e. The Hall–Kier alpha value is -3.56. The van der Waals surface area contributed by atoms with Crippen LogP contribution in [-0.4, -0.2) is 111 Å². The van der Waals surface area contributed by atoms with Crippen molar-refractivity contribution in [2.75, 3.05) is 33.0 Å². The zero-order valence-electron chi connectivity index (χ0n) is 35.2. The van der Waals surface area contributed by atoms with E-state index in [1.165, 1.54) is 69.9 Å². The van der Waals surface area contributed by atoms with E-state index in [4.69, 9.17) is 18.9 Å². The van der Waals surface area contributed by atoms with Crippen molar-refractivity contribution >= 4 is 22.5 Å². The van der Waals surface area contributed by atoms with E-state index in [-0.39, 0.29) is 81.4 Å². The van der Waals surface area contributed by atoms with Crippen LogP contribution >= 0.6 is 0 Å². The van der Waals surface area contributed by atoms with Gasteiger partial charge in [-0.05, 0) is 148 Å². The van der Waals surface area contributed by atoms with Gasteiger partial charge in [0.15, 0.2) is 5.78 Å². The third-order valence-corrected chi connectivity index (χ3v) is 17.3. The highest BCUT2D eigenvalue weighted by Gasteiger charge is 2.68. The van der Waals surface area contributed by atoms with E-state index >= 15 is 0 Å². The lowest BCUT2D eigenvalue weighted by atomic mass is 9.42. The summed E-state index contributed by atoms with van der Waals surface area (Å²) in [5.41, 5.74) is 1.98. The average Bonchev–Trinajstić information content (AvgIpc) is 3.95. The number of carboxylic acids is 1. The Bertz CT molecular complexity index is 2220. The van der Waals surface area contributed by atoms with Gasteiger partial charge in [-0.1, -0.05) is 18.9 Å². The molecule has 0 aromatic heterocycles. The van der Waals surface area contributed by atoms with E-state index < -0.39 is 60.1 Å². The number of aliphatic hydroxyl groups is 4. The van der Waals surface area contributed by atoms with Gasteiger partial charge in [-0.15, -0.1) is 0 Å². The van der Waals surface area contributed by atoms with Crippen molar-refractivity contribution in [2.24, 2.45) is 39.9 Å². The maximum Gasteiger partial charge on any atom is 0.335 e. The van der Waals surface area contributed by atoms with E-state index in [0.717, 1.165) is 37.0 Å². The van der Waals surface area contributed by atoms with Gasteiger partial charge in [0.25, 0.3) is 0 Å². The first-order chi connectivity index (χ1) is 29.2. The Morgan fingerprint density at radius 2 is 1.75 bits per heavy atom. The van der Waals surface area contributed by atoms with Gasteiger partial charge in [0.05, 0.1) is 36.3 Å². The van der Waals surface area contributed by atoms with E-state index in [1.807, 2.05) is 0 Å². The lowest BCUT2D eigenvalue weighted by Crippen LogP contribution is -2.70. The van der Waals surface area contributed by atoms with Crippen LogP contribution in [0.15, 0.2) is 34.9 Å². The number of carbonyl (C=O) groups is 2. The summed E-state index contributed by atoms with van der Waals surface area (Å²) in [6.45, 7) is 3.61. The van der Waals surface area contributed by atoms with E-state index in [0.29, 0.717) is 37.4 Å². The fourth-order valence-electron chi connectivity index (χ4n) is 15.0. The number of ketones is 1. The number of hydrogen-bond acceptors (Lipinski definition) is 12. The van der Waals surface area contributed by atoms with Gasteiger partial charge in [0.2, 0.25) is 6.29 Å². The highest BCUT2D eigenvalue weighted by molar-refractivity contribution is 6.11. The largest absolute Gasteiger partial charge is 0.507 e. The Morgan fingerprint density at radius 3 is 2.48 bits per heavy atom. The zero-order valence-corrected chi connectivity index (χ0v) is 35.2. The standard InChI is InChI=1S/C48H60O13/c1-24-35(25(2)51)40(53)37-29(39(24)52)14-27(43(56)57)15-33(37)60-44-41(54)42(55)48(34(19-50)61-44)18-30-31-17-46(12-11-45(22-46)8-3-4-9-45)16-28-20-58-23-47(38(28)31,10-5-13-49)32-7-6-26(21-59-48)36(30)32/h7,14-15,28,30-31,34,38,41-42,44,49-50,52-55H,3-6,8-13,16-23H2,1-2H3,(H,56,57)/t28-,30-,31+,34+,38+,41+,42+,44-,46+,47-,48-/m0/s1. The molecule has 5 aliphatic carbocycles. The Labute approximate surface area is 355 Å². The monoisotopic (exact) mass is 844 g/mol. The number of fused-ring (bicyclic) bond motifs is 3. The second kappa shape index (κ2) is 14.8. The third kappa shape index (κ3) is 6.04. The number of carboxylic acid groups (broad SMARTS) is 1. The highest BCUT2D eigenvalue weighted by atomic mass is 16.7. The van der Waals surface area contributed by atoms with Gasteiger partial charge in [-0.25, -0.2) is 4.79 Å². The van der Waals surface area contributed by atoms with Crippen molar-refractivity contribution in [3.63, 3.8) is 0 Å². The van der Waals surface area contributed by atoms with Crippen molar-refractivity contribution in [1.82, 2.24) is 0 Å². The normalized spacial score (nSPS) is 38.5. The molecule has 8 aliphatic rings. The molecule has 61 heavy (non-hydrogen) atoms. The summed E-state index contributed by atoms with van der Waals surface area (Å²) in [4.78, 5) is 25.0. The van der Waals surface area contributed by atoms with Crippen LogP contribution in [-0.2, 0) is 14.2 Å². The van der Waals surface area contributed by atoms with E-state index in [9.17, 15) is 45.3 Å². The van der Waals surface area contributed by atoms with Crippen molar-refractivity contribution in [3.05, 3.63) is 51.6 Å². The molecular weight excluding hydrogens is 785 g/mol. The Morgan fingerprint density at radius 1 is 0.984 bits per heavy atom. The van der Waals surface area contributed by atoms with Crippen molar-refractivity contribution in [3.8, 4) is 17.2 Å². The number of phenolic OH excluding ortho intramolecular Hbond substituents is 2. The SMILES string of the molecule is CC(=O)c1c(C)c(O)c2cc(C(=O)O)cc(O[C@H]3O[C@H](CO)[C@@]4(C[C@@H]5C6=C(CC=C6[C@]6(CCCO)COC[C@@H]7C[C@]8(CCC9(CCCC9)C8)C[C@H]5[C@@H]76)CO4)[C@H](O)[C@H]3O)c2c1O. The number of aliphatic hydroxyl groups excluding tert-OH is 4. The van der Waals surface area contributed by atoms with Crippen molar-refractivity contribution < 1.29 is 64.3 Å². The lowest BCUT2D eigenvalue weighted by molar-refractivity contribution is -0.326. The van der Waals surface area contributed by atoms with Crippen molar-refractivity contribution in [1.29, 1.82) is 0 Å². The molecule has 0 radical (unpaired) electrons. The quantitative estimate of drug-likeness (QED) is 0.123. The first-order valence-corrected chi connectivity index (χ1v) is 22.5. The van der Waals surface area contributed by atoms with Crippen LogP contribution in [0.25, 0.3) is 10.8 Å². The topological polar surface area (TPSA) is 213 Å². The molecule has 7 N–H and O–H groups in total. The number of carbonyl (C=O) groups excluding carboxylic acids is 1. The van der Waals surface area contributed by atoms with Crippen LogP contribution in [0.2, 0.25) is 0 Å². The van der Waals surface area contributed by atoms with Crippen LogP contribution in [0.4, 0.5) is 0 Å². The molecule has 13 nitrogen and oxygen atoms in total. The number of rotatable bonds is 8. The Balaban J connectivity index is 1.03. The molecule has 2 aromatic rings. The van der Waals surface area contributed by atoms with E-state index in [1.54, 1.807) is 0 Å². The lowest BCUT2D eigenvalue weighted by Gasteiger charge is -2.64. The summed E-state index contributed by atoms with van der Waals surface area (Å²) in [5, 5.41) is 78.3. The number of ether oxygens (including phenoxy) is 4. The maximum absolute atomic E-state index is 12.7. The van der Waals surface area contributed by atoms with Crippen LogP contribution < -0.4 is 4.74 Å². The molecular formula is C48H60O13. The maximum atomic E-state index is 12.7. The molecule has 3 aliphatic heterocycles. The van der Waals surface area contributed by atoms with Crippen LogP contribution in [0.3, 0.4) is 0 Å². The van der Waals surface area contributed by atoms with E-state index in [2.05, 4.69) is 6.08 Å². The Kier molecular flexibility index (Phi) is 10.0. The molecule has 10 rings (SSSR count). The number of allylic oxidation sites excluding steroid dienone is 2. The minimum absolute atomic E-state index is 0.0527. The fraction of sp³-hybridized carbons (Fsp3) is 0.667. The molecule has 6 fully saturated rings. The van der Waals surface area contributed by atoms with Crippen LogP contribution in [0.1, 0.15) is 117 Å². The molecule has 4 saturated carbocycles. The summed E-state index contributed by atoms with van der Waals surface area (Å²) in [6, 6.07) is 2.25. The van der Waals surface area contributed by atoms with Crippen molar-refractivity contribution in [2.45, 2.75) is 128 Å². The molecule has 2 aromatic carbocycles. The average molecular weight is 845 g/mol. The number of hydrogen-bond donors (Lipinski definition) is 7. The molecule has 2 saturated heterocycles. The molecule has 13 heteroatoms. The van der Waals surface area contributed by atoms with Gasteiger partial charge in [-0.3, -0.25) is 4.79 Å². The van der Waals surface area contributed by atoms with Gasteiger partial charge < -0.3 is 54.7 Å². The minimum atomic E-state index is -1.78. The number of benzene rings is 2. The number of phenols is 2. The summed E-state index contributed by atoms with van der Waals surface area (Å²) in [5.74, 6) is -2.45. The van der Waals surface area contributed by atoms with Crippen LogP contribution in [0.5, 0.6) is 17.2 Å². The molecule has 0 bridgehead atoms. The highest BCUT2D eigenvalue weighted by Crippen LogP contribution is 2.72. The van der Waals surface area contributed by atoms with Gasteiger partial charge >= 0.3 is 5.97 Å². The minimum Gasteiger partial charge on any atom is -0.507 e.